The molecular formula is C18H14BrF2N3O4. The molecule has 0 saturated carbocycles. The van der Waals surface area contributed by atoms with Crippen molar-refractivity contribution in [3.63, 3.8) is 0 Å². The molecule has 0 bridgehead atoms. The Labute approximate surface area is 167 Å². The molecule has 0 atom stereocenters. The zero-order valence-electron chi connectivity index (χ0n) is 14.5. The van der Waals surface area contributed by atoms with Gasteiger partial charge in [-0.05, 0) is 42.5 Å². The van der Waals surface area contributed by atoms with Crippen LogP contribution in [0.5, 0.6) is 11.5 Å². The number of nitrogens with zero attached hydrogens (tertiary/aromatic N) is 3. The van der Waals surface area contributed by atoms with E-state index in [-0.39, 0.29) is 24.0 Å². The van der Waals surface area contributed by atoms with Gasteiger partial charge >= 0.3 is 6.61 Å². The van der Waals surface area contributed by atoms with Gasteiger partial charge in [0.15, 0.2) is 18.1 Å². The number of hydrogen-bond acceptors (Lipinski definition) is 7. The van der Waals surface area contributed by atoms with E-state index in [4.69, 9.17) is 14.0 Å². The molecule has 0 radical (unpaired) electrons. The van der Waals surface area contributed by atoms with Crippen LogP contribution >= 0.6 is 15.9 Å². The van der Waals surface area contributed by atoms with Crippen molar-refractivity contribution in [3.8, 4) is 23.0 Å². The van der Waals surface area contributed by atoms with Crippen molar-refractivity contribution in [2.75, 3.05) is 7.11 Å². The van der Waals surface area contributed by atoms with Crippen molar-refractivity contribution in [1.82, 2.24) is 10.2 Å². The molecule has 0 fully saturated rings. The number of methoxy groups -OCH3 is 1. The lowest BCUT2D eigenvalue weighted by molar-refractivity contribution is -0.0512. The summed E-state index contributed by atoms with van der Waals surface area (Å²) in [6.07, 6.45) is 1.39. The molecule has 0 aliphatic rings. The maximum atomic E-state index is 12.3. The molecule has 0 aliphatic carbocycles. The lowest BCUT2D eigenvalue weighted by atomic mass is 10.2. The summed E-state index contributed by atoms with van der Waals surface area (Å²) in [5, 5.41) is 11.6. The van der Waals surface area contributed by atoms with Crippen LogP contribution in [0.3, 0.4) is 0 Å². The van der Waals surface area contributed by atoms with E-state index in [1.165, 1.54) is 31.5 Å². The van der Waals surface area contributed by atoms with E-state index >= 15 is 0 Å². The van der Waals surface area contributed by atoms with Gasteiger partial charge in [0.1, 0.15) is 0 Å². The van der Waals surface area contributed by atoms with Gasteiger partial charge in [-0.25, -0.2) is 0 Å². The zero-order valence-corrected chi connectivity index (χ0v) is 16.1. The second-order valence-electron chi connectivity index (χ2n) is 5.30. The van der Waals surface area contributed by atoms with Crippen LogP contribution in [-0.4, -0.2) is 30.1 Å². The van der Waals surface area contributed by atoms with Crippen LogP contribution < -0.4 is 9.47 Å². The summed E-state index contributed by atoms with van der Waals surface area (Å²) >= 11 is 3.36. The second-order valence-corrected chi connectivity index (χ2v) is 6.22. The molecule has 0 amide bonds. The molecule has 7 nitrogen and oxygen atoms in total. The van der Waals surface area contributed by atoms with Crippen molar-refractivity contribution >= 4 is 22.1 Å². The molecule has 146 valence electrons. The molecule has 0 unspecified atom stereocenters. The Morgan fingerprint density at radius 2 is 1.93 bits per heavy atom. The standard InChI is InChI=1S/C18H14BrF2N3O4/c1-25-15-8-11(2-7-14(15)27-18(20)21)9-22-26-10-16-23-24-17(28-16)12-3-5-13(19)6-4-12/h2-9,18H,10H2,1H3/b22-9+. The van der Waals surface area contributed by atoms with Gasteiger partial charge in [0, 0.05) is 15.6 Å². The topological polar surface area (TPSA) is 79.0 Å². The molecule has 0 spiro atoms. The first kappa shape index (κ1) is 19.7. The maximum absolute atomic E-state index is 12.3. The van der Waals surface area contributed by atoms with E-state index in [1.807, 2.05) is 24.3 Å². The van der Waals surface area contributed by atoms with Gasteiger partial charge in [-0.15, -0.1) is 10.2 Å². The highest BCUT2D eigenvalue weighted by molar-refractivity contribution is 9.10. The molecule has 3 rings (SSSR count). The molecule has 10 heteroatoms. The summed E-state index contributed by atoms with van der Waals surface area (Å²) in [6, 6.07) is 11.8. The van der Waals surface area contributed by atoms with Crippen molar-refractivity contribution in [1.29, 1.82) is 0 Å². The maximum Gasteiger partial charge on any atom is 0.387 e. The number of benzene rings is 2. The molecule has 0 aliphatic heterocycles. The van der Waals surface area contributed by atoms with Gasteiger partial charge in [-0.2, -0.15) is 8.78 Å². The predicted molar refractivity (Wildman–Crippen MR) is 99.4 cm³/mol. The van der Waals surface area contributed by atoms with E-state index in [9.17, 15) is 8.78 Å². The number of oxime groups is 1. The summed E-state index contributed by atoms with van der Waals surface area (Å²) in [5.74, 6) is 0.713. The minimum atomic E-state index is -2.94. The quantitative estimate of drug-likeness (QED) is 0.364. The third kappa shape index (κ3) is 5.26. The number of ether oxygens (including phenoxy) is 2. The molecular weight excluding hydrogens is 440 g/mol. The van der Waals surface area contributed by atoms with Crippen LogP contribution in [-0.2, 0) is 11.4 Å². The fourth-order valence-electron chi connectivity index (χ4n) is 2.17. The van der Waals surface area contributed by atoms with Crippen LogP contribution in [0.4, 0.5) is 8.78 Å². The largest absolute Gasteiger partial charge is 0.493 e. The van der Waals surface area contributed by atoms with Gasteiger partial charge in [-0.3, -0.25) is 0 Å². The Hall–Kier alpha value is -3.01. The van der Waals surface area contributed by atoms with Crippen molar-refractivity contribution in [3.05, 3.63) is 58.4 Å². The lowest BCUT2D eigenvalue weighted by Gasteiger charge is -2.09. The van der Waals surface area contributed by atoms with Gasteiger partial charge in [-0.1, -0.05) is 21.1 Å². The Morgan fingerprint density at radius 1 is 1.14 bits per heavy atom. The van der Waals surface area contributed by atoms with Crippen LogP contribution in [0.25, 0.3) is 11.5 Å². The smallest absolute Gasteiger partial charge is 0.387 e. The number of halogens is 3. The summed E-state index contributed by atoms with van der Waals surface area (Å²) in [7, 11) is 1.35. The minimum absolute atomic E-state index is 0.0241. The van der Waals surface area contributed by atoms with Crippen molar-refractivity contribution in [2.24, 2.45) is 5.16 Å². The normalized spacial score (nSPS) is 11.2. The summed E-state index contributed by atoms with van der Waals surface area (Å²) < 4.78 is 40.5. The monoisotopic (exact) mass is 453 g/mol. The van der Waals surface area contributed by atoms with E-state index in [1.54, 1.807) is 0 Å². The number of alkyl halides is 2. The first-order valence-corrected chi connectivity index (χ1v) is 8.71. The van der Waals surface area contributed by atoms with Crippen molar-refractivity contribution < 1.29 is 27.5 Å². The van der Waals surface area contributed by atoms with Crippen LogP contribution in [0, 0.1) is 0 Å². The molecule has 3 aromatic rings. The molecule has 1 aromatic heterocycles. The van der Waals surface area contributed by atoms with Gasteiger partial charge in [0.2, 0.25) is 5.89 Å². The first-order chi connectivity index (χ1) is 13.5. The minimum Gasteiger partial charge on any atom is -0.493 e. The number of rotatable bonds is 8. The van der Waals surface area contributed by atoms with E-state index in [0.29, 0.717) is 11.5 Å². The van der Waals surface area contributed by atoms with Crippen LogP contribution in [0.1, 0.15) is 11.5 Å². The average molecular weight is 454 g/mol. The summed E-state index contributed by atoms with van der Waals surface area (Å²) in [4.78, 5) is 5.13. The van der Waals surface area contributed by atoms with Gasteiger partial charge < -0.3 is 18.7 Å². The Kier molecular flexibility index (Phi) is 6.53. The molecule has 0 N–H and O–H groups in total. The summed E-state index contributed by atoms with van der Waals surface area (Å²) in [5.41, 5.74) is 1.35. The Balaban J connectivity index is 1.57. The zero-order chi connectivity index (χ0) is 19.9. The van der Waals surface area contributed by atoms with E-state index < -0.39 is 6.61 Å². The Bertz CT molecular complexity index is 948. The average Bonchev–Trinajstić information content (AvgIpc) is 3.15. The van der Waals surface area contributed by atoms with Gasteiger partial charge in [0.25, 0.3) is 5.89 Å². The lowest BCUT2D eigenvalue weighted by Crippen LogP contribution is -2.03. The summed E-state index contributed by atoms with van der Waals surface area (Å²) in [6.45, 7) is -2.96. The third-order valence-corrected chi connectivity index (χ3v) is 3.95. The van der Waals surface area contributed by atoms with Crippen molar-refractivity contribution in [2.45, 2.75) is 13.2 Å². The Morgan fingerprint density at radius 3 is 2.64 bits per heavy atom. The molecule has 2 aromatic carbocycles. The fourth-order valence-corrected chi connectivity index (χ4v) is 2.43. The van der Waals surface area contributed by atoms with Gasteiger partial charge in [0.05, 0.1) is 13.3 Å². The SMILES string of the molecule is COc1cc(/C=N/OCc2nnc(-c3ccc(Br)cc3)o2)ccc1OC(F)F. The highest BCUT2D eigenvalue weighted by Crippen LogP contribution is 2.29. The first-order valence-electron chi connectivity index (χ1n) is 7.91. The molecule has 0 saturated heterocycles. The molecule has 1 heterocycles. The van der Waals surface area contributed by atoms with Crippen LogP contribution in [0.2, 0.25) is 0 Å². The highest BCUT2D eigenvalue weighted by Gasteiger charge is 2.11. The third-order valence-electron chi connectivity index (χ3n) is 3.43. The molecule has 28 heavy (non-hydrogen) atoms. The van der Waals surface area contributed by atoms with Crippen LogP contribution in [0.15, 0.2) is 56.5 Å². The van der Waals surface area contributed by atoms with E-state index in [0.717, 1.165) is 10.0 Å². The fraction of sp³-hybridized carbons (Fsp3) is 0.167. The van der Waals surface area contributed by atoms with E-state index in [2.05, 4.69) is 36.0 Å². The number of aromatic nitrogens is 2. The second kappa shape index (κ2) is 9.27. The highest BCUT2D eigenvalue weighted by atomic mass is 79.9. The number of hydrogen-bond donors (Lipinski definition) is 0. The predicted octanol–water partition coefficient (Wildman–Crippen LogP) is 4.66.